The van der Waals surface area contributed by atoms with E-state index in [1.807, 2.05) is 30.3 Å². The van der Waals surface area contributed by atoms with Gasteiger partial charge < -0.3 is 10.1 Å². The summed E-state index contributed by atoms with van der Waals surface area (Å²) in [4.78, 5) is 24.4. The molecular weight excluding hydrogens is 348 g/mol. The summed E-state index contributed by atoms with van der Waals surface area (Å²) in [5.74, 6) is -2.90. The quantitative estimate of drug-likeness (QED) is 0.605. The molecule has 0 radical (unpaired) electrons. The molecule has 2 aromatic carbocycles. The van der Waals surface area contributed by atoms with Gasteiger partial charge in [-0.25, -0.2) is 13.6 Å². The molecule has 0 spiro atoms. The molecule has 0 aromatic heterocycles. The van der Waals surface area contributed by atoms with E-state index in [-0.39, 0.29) is 5.75 Å². The smallest absolute Gasteiger partial charge is 0.328 e. The Morgan fingerprint density at radius 2 is 1.84 bits per heavy atom. The predicted molar refractivity (Wildman–Crippen MR) is 91.2 cm³/mol. The molecule has 7 heteroatoms. The molecule has 0 aliphatic heterocycles. The molecule has 1 atom stereocenters. The first-order valence-electron chi connectivity index (χ1n) is 7.48. The SMILES string of the molecule is COC(=O)[C@@H](Cc1ccccc1)NC(=O)CSc1ccc(F)c(F)c1. The molecule has 0 aliphatic rings. The number of benzene rings is 2. The summed E-state index contributed by atoms with van der Waals surface area (Å²) in [6.45, 7) is 0. The lowest BCUT2D eigenvalue weighted by atomic mass is 10.1. The number of carbonyl (C=O) groups is 2. The van der Waals surface area contributed by atoms with Gasteiger partial charge >= 0.3 is 5.97 Å². The van der Waals surface area contributed by atoms with E-state index >= 15 is 0 Å². The molecule has 0 bridgehead atoms. The molecule has 132 valence electrons. The number of rotatable bonds is 7. The highest BCUT2D eigenvalue weighted by molar-refractivity contribution is 8.00. The monoisotopic (exact) mass is 365 g/mol. The zero-order valence-corrected chi connectivity index (χ0v) is 14.3. The van der Waals surface area contributed by atoms with Gasteiger partial charge in [-0.1, -0.05) is 30.3 Å². The molecule has 0 saturated carbocycles. The maximum absolute atomic E-state index is 13.2. The second kappa shape index (κ2) is 9.17. The lowest BCUT2D eigenvalue weighted by molar-refractivity contribution is -0.144. The van der Waals surface area contributed by atoms with Gasteiger partial charge in [0.05, 0.1) is 12.9 Å². The lowest BCUT2D eigenvalue weighted by Gasteiger charge is -2.16. The average molecular weight is 365 g/mol. The molecule has 2 aromatic rings. The van der Waals surface area contributed by atoms with Gasteiger partial charge in [0, 0.05) is 11.3 Å². The number of amides is 1. The molecule has 1 N–H and O–H groups in total. The highest BCUT2D eigenvalue weighted by Crippen LogP contribution is 2.20. The van der Waals surface area contributed by atoms with Crippen molar-refractivity contribution in [3.05, 3.63) is 65.7 Å². The standard InChI is InChI=1S/C18H17F2NO3S/c1-24-18(23)16(9-12-5-3-2-4-6-12)21-17(22)11-25-13-7-8-14(19)15(20)10-13/h2-8,10,16H,9,11H2,1H3,(H,21,22)/t16-/m1/s1. The first-order chi connectivity index (χ1) is 12.0. The molecule has 25 heavy (non-hydrogen) atoms. The minimum Gasteiger partial charge on any atom is -0.467 e. The second-order valence-corrected chi connectivity index (χ2v) is 6.25. The Morgan fingerprint density at radius 3 is 2.48 bits per heavy atom. The summed E-state index contributed by atoms with van der Waals surface area (Å²) in [5.41, 5.74) is 0.881. The number of halogens is 2. The minimum atomic E-state index is -0.970. The van der Waals surface area contributed by atoms with E-state index in [4.69, 9.17) is 4.74 Å². The van der Waals surface area contributed by atoms with Crippen LogP contribution in [0.3, 0.4) is 0 Å². The largest absolute Gasteiger partial charge is 0.467 e. The Morgan fingerprint density at radius 1 is 1.12 bits per heavy atom. The van der Waals surface area contributed by atoms with Crippen molar-refractivity contribution in [3.63, 3.8) is 0 Å². The molecule has 0 aliphatic carbocycles. The Balaban J connectivity index is 1.94. The van der Waals surface area contributed by atoms with Gasteiger partial charge in [0.2, 0.25) is 5.91 Å². The van der Waals surface area contributed by atoms with Crippen LogP contribution >= 0.6 is 11.8 Å². The van der Waals surface area contributed by atoms with Crippen LogP contribution in [0.4, 0.5) is 8.78 Å². The molecule has 1 amide bonds. The van der Waals surface area contributed by atoms with Crippen molar-refractivity contribution in [1.82, 2.24) is 5.32 Å². The van der Waals surface area contributed by atoms with Crippen LogP contribution in [0.1, 0.15) is 5.56 Å². The van der Waals surface area contributed by atoms with Crippen molar-refractivity contribution in [2.45, 2.75) is 17.4 Å². The second-order valence-electron chi connectivity index (χ2n) is 5.20. The van der Waals surface area contributed by atoms with Crippen LogP contribution in [0, 0.1) is 11.6 Å². The first kappa shape index (κ1) is 18.9. The molecule has 4 nitrogen and oxygen atoms in total. The Bertz CT molecular complexity index is 740. The molecule has 0 heterocycles. The molecule has 2 rings (SSSR count). The Labute approximate surface area is 148 Å². The highest BCUT2D eigenvalue weighted by Gasteiger charge is 2.22. The van der Waals surface area contributed by atoms with Crippen molar-refractivity contribution in [2.75, 3.05) is 12.9 Å². The van der Waals surface area contributed by atoms with E-state index in [1.54, 1.807) is 0 Å². The van der Waals surface area contributed by atoms with Crippen molar-refractivity contribution in [1.29, 1.82) is 0 Å². The van der Waals surface area contributed by atoms with Crippen LogP contribution in [0.5, 0.6) is 0 Å². The number of nitrogens with one attached hydrogen (secondary N) is 1. The topological polar surface area (TPSA) is 55.4 Å². The molecule has 0 saturated heterocycles. The molecular formula is C18H17F2NO3S. The first-order valence-corrected chi connectivity index (χ1v) is 8.47. The summed E-state index contributed by atoms with van der Waals surface area (Å²) >= 11 is 1.05. The summed E-state index contributed by atoms with van der Waals surface area (Å²) in [6, 6.07) is 11.8. The van der Waals surface area contributed by atoms with E-state index in [9.17, 15) is 18.4 Å². The Kier molecular flexibility index (Phi) is 6.94. The number of thioether (sulfide) groups is 1. The van der Waals surface area contributed by atoms with Crippen LogP contribution in [-0.4, -0.2) is 30.8 Å². The highest BCUT2D eigenvalue weighted by atomic mass is 32.2. The number of hydrogen-bond donors (Lipinski definition) is 1. The van der Waals surface area contributed by atoms with Crippen LogP contribution in [0.15, 0.2) is 53.4 Å². The number of carbonyl (C=O) groups excluding carboxylic acids is 2. The zero-order chi connectivity index (χ0) is 18.2. The van der Waals surface area contributed by atoms with Gasteiger partial charge in [0.1, 0.15) is 6.04 Å². The molecule has 0 unspecified atom stereocenters. The summed E-state index contributed by atoms with van der Waals surface area (Å²) in [6.07, 6.45) is 0.301. The van der Waals surface area contributed by atoms with E-state index in [0.717, 1.165) is 29.5 Å². The predicted octanol–water partition coefficient (Wildman–Crippen LogP) is 2.96. The van der Waals surface area contributed by atoms with Gasteiger partial charge in [-0.05, 0) is 23.8 Å². The normalized spacial score (nSPS) is 11.6. The summed E-state index contributed by atoms with van der Waals surface area (Å²) in [5, 5.41) is 2.61. The van der Waals surface area contributed by atoms with Crippen LogP contribution < -0.4 is 5.32 Å². The summed E-state index contributed by atoms with van der Waals surface area (Å²) in [7, 11) is 1.25. The number of methoxy groups -OCH3 is 1. The lowest BCUT2D eigenvalue weighted by Crippen LogP contribution is -2.43. The fraction of sp³-hybridized carbons (Fsp3) is 0.222. The maximum atomic E-state index is 13.2. The molecule has 0 fully saturated rings. The van der Waals surface area contributed by atoms with Crippen LogP contribution in [-0.2, 0) is 20.7 Å². The van der Waals surface area contributed by atoms with E-state index in [2.05, 4.69) is 5.32 Å². The average Bonchev–Trinajstić information content (AvgIpc) is 2.62. The van der Waals surface area contributed by atoms with Crippen molar-refractivity contribution >= 4 is 23.6 Å². The Hall–Kier alpha value is -2.41. The van der Waals surface area contributed by atoms with Gasteiger partial charge in [0.15, 0.2) is 11.6 Å². The van der Waals surface area contributed by atoms with Gasteiger partial charge in [-0.3, -0.25) is 4.79 Å². The van der Waals surface area contributed by atoms with Crippen LogP contribution in [0.2, 0.25) is 0 Å². The summed E-state index contributed by atoms with van der Waals surface area (Å²) < 4.78 is 30.8. The minimum absolute atomic E-state index is 0.0344. The number of esters is 1. The number of hydrogen-bond acceptors (Lipinski definition) is 4. The third-order valence-electron chi connectivity index (χ3n) is 3.36. The van der Waals surface area contributed by atoms with Crippen molar-refractivity contribution < 1.29 is 23.1 Å². The van der Waals surface area contributed by atoms with E-state index < -0.39 is 29.6 Å². The van der Waals surface area contributed by atoms with E-state index in [1.165, 1.54) is 13.2 Å². The van der Waals surface area contributed by atoms with Gasteiger partial charge in [0.25, 0.3) is 0 Å². The van der Waals surface area contributed by atoms with E-state index in [0.29, 0.717) is 11.3 Å². The van der Waals surface area contributed by atoms with Crippen molar-refractivity contribution in [3.8, 4) is 0 Å². The fourth-order valence-corrected chi connectivity index (χ4v) is 2.87. The van der Waals surface area contributed by atoms with Gasteiger partial charge in [-0.2, -0.15) is 0 Å². The maximum Gasteiger partial charge on any atom is 0.328 e. The number of ether oxygens (including phenoxy) is 1. The van der Waals surface area contributed by atoms with Crippen molar-refractivity contribution in [2.24, 2.45) is 0 Å². The fourth-order valence-electron chi connectivity index (χ4n) is 2.14. The van der Waals surface area contributed by atoms with Crippen LogP contribution in [0.25, 0.3) is 0 Å². The third kappa shape index (κ3) is 5.86. The zero-order valence-electron chi connectivity index (χ0n) is 13.5. The van der Waals surface area contributed by atoms with Gasteiger partial charge in [-0.15, -0.1) is 11.8 Å². The third-order valence-corrected chi connectivity index (χ3v) is 4.36.